The van der Waals surface area contributed by atoms with E-state index in [0.717, 1.165) is 18.7 Å². The number of hydrogen-bond acceptors (Lipinski definition) is 4. The van der Waals surface area contributed by atoms with E-state index < -0.39 is 0 Å². The second-order valence-corrected chi connectivity index (χ2v) is 8.65. The number of carbonyl (C=O) groups is 1. The van der Waals surface area contributed by atoms with Gasteiger partial charge < -0.3 is 19.3 Å². The minimum absolute atomic E-state index is 0.0252. The van der Waals surface area contributed by atoms with Crippen LogP contribution in [-0.2, 0) is 6.61 Å². The quantitative estimate of drug-likeness (QED) is 0.482. The fourth-order valence-electron chi connectivity index (χ4n) is 4.15. The fraction of sp³-hybridized carbons (Fsp3) is 0.296. The average Bonchev–Trinajstić information content (AvgIpc) is 2.85. The van der Waals surface area contributed by atoms with Crippen molar-refractivity contribution >= 4 is 23.2 Å². The molecule has 4 rings (SSSR count). The molecule has 172 valence electrons. The summed E-state index contributed by atoms with van der Waals surface area (Å²) in [5.41, 5.74) is 5.28. The van der Waals surface area contributed by atoms with E-state index >= 15 is 0 Å². The van der Waals surface area contributed by atoms with Gasteiger partial charge in [0.25, 0.3) is 5.91 Å². The Bertz CT molecular complexity index is 1140. The van der Waals surface area contributed by atoms with Crippen LogP contribution in [-0.4, -0.2) is 44.1 Å². The van der Waals surface area contributed by atoms with Crippen molar-refractivity contribution in [2.75, 3.05) is 38.2 Å². The summed E-state index contributed by atoms with van der Waals surface area (Å²) in [6.45, 7) is 7.55. The Kier molecular flexibility index (Phi) is 7.09. The second-order valence-electron chi connectivity index (χ2n) is 8.24. The van der Waals surface area contributed by atoms with Crippen LogP contribution in [0, 0.1) is 13.8 Å². The zero-order valence-corrected chi connectivity index (χ0v) is 20.1. The molecule has 33 heavy (non-hydrogen) atoms. The molecule has 1 aliphatic rings. The Labute approximate surface area is 200 Å². The number of halogens is 1. The molecule has 1 aliphatic heterocycles. The summed E-state index contributed by atoms with van der Waals surface area (Å²) in [5, 5.41) is 0.547. The van der Waals surface area contributed by atoms with Crippen LogP contribution in [0.15, 0.2) is 60.7 Å². The highest BCUT2D eigenvalue weighted by Crippen LogP contribution is 2.28. The molecule has 6 heteroatoms. The molecule has 0 N–H and O–H groups in total. The van der Waals surface area contributed by atoms with Crippen LogP contribution in [0.5, 0.6) is 11.5 Å². The molecule has 1 saturated heterocycles. The molecule has 3 aromatic rings. The van der Waals surface area contributed by atoms with Crippen LogP contribution in [0.2, 0.25) is 5.02 Å². The number of piperazine rings is 1. The van der Waals surface area contributed by atoms with Crippen LogP contribution in [0.25, 0.3) is 0 Å². The van der Waals surface area contributed by atoms with E-state index in [1.807, 2.05) is 41.3 Å². The zero-order chi connectivity index (χ0) is 23.4. The van der Waals surface area contributed by atoms with E-state index in [4.69, 9.17) is 21.1 Å². The highest BCUT2D eigenvalue weighted by atomic mass is 35.5. The van der Waals surface area contributed by atoms with Crippen LogP contribution >= 0.6 is 11.6 Å². The van der Waals surface area contributed by atoms with Gasteiger partial charge in [-0.15, -0.1) is 0 Å². The maximum absolute atomic E-state index is 13.2. The van der Waals surface area contributed by atoms with Gasteiger partial charge in [-0.05, 0) is 61.4 Å². The Balaban J connectivity index is 1.44. The number of hydrogen-bond donors (Lipinski definition) is 0. The highest BCUT2D eigenvalue weighted by Gasteiger charge is 2.24. The summed E-state index contributed by atoms with van der Waals surface area (Å²) >= 11 is 6.20. The summed E-state index contributed by atoms with van der Waals surface area (Å²) in [6, 6.07) is 19.2. The predicted octanol–water partition coefficient (Wildman–Crippen LogP) is 5.51. The van der Waals surface area contributed by atoms with E-state index in [9.17, 15) is 4.79 Å². The van der Waals surface area contributed by atoms with Crippen molar-refractivity contribution in [3.63, 3.8) is 0 Å². The number of para-hydroxylation sites is 1. The monoisotopic (exact) mass is 464 g/mol. The number of anilines is 1. The number of benzene rings is 3. The molecule has 0 atom stereocenters. The molecule has 0 radical (unpaired) electrons. The van der Waals surface area contributed by atoms with Gasteiger partial charge >= 0.3 is 0 Å². The normalized spacial score (nSPS) is 13.7. The molecule has 0 saturated carbocycles. The summed E-state index contributed by atoms with van der Waals surface area (Å²) < 4.78 is 11.4. The van der Waals surface area contributed by atoms with Crippen molar-refractivity contribution in [1.29, 1.82) is 0 Å². The lowest BCUT2D eigenvalue weighted by Gasteiger charge is -2.37. The zero-order valence-electron chi connectivity index (χ0n) is 19.3. The molecule has 5 nitrogen and oxygen atoms in total. The molecule has 1 heterocycles. The van der Waals surface area contributed by atoms with E-state index in [0.29, 0.717) is 35.2 Å². The summed E-state index contributed by atoms with van der Waals surface area (Å²) in [6.07, 6.45) is 0. The van der Waals surface area contributed by atoms with E-state index in [-0.39, 0.29) is 12.5 Å². The van der Waals surface area contributed by atoms with Gasteiger partial charge in [0.05, 0.1) is 12.1 Å². The van der Waals surface area contributed by atoms with Gasteiger partial charge in [0.2, 0.25) is 0 Å². The number of methoxy groups -OCH3 is 1. The molecule has 3 aromatic carbocycles. The molecule has 0 aromatic heterocycles. The second kappa shape index (κ2) is 10.2. The Hall–Kier alpha value is -3.18. The van der Waals surface area contributed by atoms with Crippen LogP contribution < -0.4 is 14.4 Å². The van der Waals surface area contributed by atoms with Crippen LogP contribution in [0.1, 0.15) is 27.0 Å². The van der Waals surface area contributed by atoms with Crippen molar-refractivity contribution < 1.29 is 14.3 Å². The summed E-state index contributed by atoms with van der Waals surface area (Å²) in [7, 11) is 1.61. The molecular formula is C27H29ClN2O3. The largest absolute Gasteiger partial charge is 0.496 e. The number of nitrogens with zero attached hydrogens (tertiary/aromatic N) is 2. The minimum Gasteiger partial charge on any atom is -0.496 e. The third kappa shape index (κ3) is 5.09. The van der Waals surface area contributed by atoms with Crippen molar-refractivity contribution in [2.45, 2.75) is 20.5 Å². The van der Waals surface area contributed by atoms with Gasteiger partial charge in [-0.3, -0.25) is 4.79 Å². The van der Waals surface area contributed by atoms with Crippen molar-refractivity contribution in [3.8, 4) is 11.5 Å². The van der Waals surface area contributed by atoms with Gasteiger partial charge in [-0.1, -0.05) is 35.9 Å². The molecule has 0 bridgehead atoms. The number of rotatable bonds is 6. The van der Waals surface area contributed by atoms with Gasteiger partial charge in [0.1, 0.15) is 18.1 Å². The third-order valence-corrected chi connectivity index (χ3v) is 6.54. The van der Waals surface area contributed by atoms with Crippen molar-refractivity contribution in [2.24, 2.45) is 0 Å². The molecule has 0 aliphatic carbocycles. The maximum Gasteiger partial charge on any atom is 0.253 e. The predicted molar refractivity (Wildman–Crippen MR) is 133 cm³/mol. The van der Waals surface area contributed by atoms with Gasteiger partial charge in [0.15, 0.2) is 0 Å². The Morgan fingerprint density at radius 1 is 0.939 bits per heavy atom. The van der Waals surface area contributed by atoms with Gasteiger partial charge in [0, 0.05) is 43.0 Å². The number of carbonyl (C=O) groups excluding carboxylic acids is 1. The summed E-state index contributed by atoms with van der Waals surface area (Å²) in [4.78, 5) is 17.5. The third-order valence-electron chi connectivity index (χ3n) is 6.23. The molecule has 0 unspecified atom stereocenters. The first-order valence-electron chi connectivity index (χ1n) is 11.1. The SMILES string of the molecule is COc1ccc(C(=O)N2CCN(c3cccc(C)c3C)CC2)cc1COc1ccccc1Cl. The maximum atomic E-state index is 13.2. The van der Waals surface area contributed by atoms with Gasteiger partial charge in [-0.25, -0.2) is 0 Å². The Morgan fingerprint density at radius 2 is 1.70 bits per heavy atom. The standard InChI is InChI=1S/C27H29ClN2O3/c1-19-7-6-9-24(20(19)2)29-13-15-30(16-14-29)27(31)21-11-12-25(32-3)22(17-21)18-33-26-10-5-4-8-23(26)28/h4-12,17H,13-16,18H2,1-3H3. The van der Waals surface area contributed by atoms with E-state index in [2.05, 4.69) is 36.9 Å². The first-order valence-corrected chi connectivity index (χ1v) is 11.5. The average molecular weight is 465 g/mol. The highest BCUT2D eigenvalue weighted by molar-refractivity contribution is 6.32. The van der Waals surface area contributed by atoms with Crippen LogP contribution in [0.4, 0.5) is 5.69 Å². The first kappa shape index (κ1) is 23.0. The minimum atomic E-state index is 0.0252. The first-order chi connectivity index (χ1) is 16.0. The topological polar surface area (TPSA) is 42.0 Å². The number of aryl methyl sites for hydroxylation is 1. The molecule has 1 amide bonds. The lowest BCUT2D eigenvalue weighted by molar-refractivity contribution is 0.0746. The Morgan fingerprint density at radius 3 is 2.42 bits per heavy atom. The molecular weight excluding hydrogens is 436 g/mol. The van der Waals surface area contributed by atoms with E-state index in [1.54, 1.807) is 13.2 Å². The summed E-state index contributed by atoms with van der Waals surface area (Å²) in [5.74, 6) is 1.30. The number of amides is 1. The fourth-order valence-corrected chi connectivity index (χ4v) is 4.34. The lowest BCUT2D eigenvalue weighted by atomic mass is 10.1. The van der Waals surface area contributed by atoms with Crippen LogP contribution in [0.3, 0.4) is 0 Å². The van der Waals surface area contributed by atoms with E-state index in [1.165, 1.54) is 16.8 Å². The van der Waals surface area contributed by atoms with Gasteiger partial charge in [-0.2, -0.15) is 0 Å². The lowest BCUT2D eigenvalue weighted by Crippen LogP contribution is -2.49. The van der Waals surface area contributed by atoms with Crippen molar-refractivity contribution in [3.05, 3.63) is 87.9 Å². The molecule has 1 fully saturated rings. The smallest absolute Gasteiger partial charge is 0.253 e. The molecule has 0 spiro atoms. The number of ether oxygens (including phenoxy) is 2. The van der Waals surface area contributed by atoms with Crippen molar-refractivity contribution in [1.82, 2.24) is 4.90 Å².